The van der Waals surface area contributed by atoms with Gasteiger partial charge in [0.1, 0.15) is 12.2 Å². The summed E-state index contributed by atoms with van der Waals surface area (Å²) in [5, 5.41) is 4.57. The Morgan fingerprint density at radius 1 is 1.10 bits per heavy atom. The summed E-state index contributed by atoms with van der Waals surface area (Å²) >= 11 is 5.32. The molecule has 3 rings (SSSR count). The fourth-order valence-corrected chi connectivity index (χ4v) is 3.18. The molecule has 0 aromatic rings. The van der Waals surface area contributed by atoms with Gasteiger partial charge in [-0.05, 0) is 19.6 Å². The van der Waals surface area contributed by atoms with E-state index in [-0.39, 0.29) is 96.2 Å². The van der Waals surface area contributed by atoms with Crippen LogP contribution in [0.25, 0.3) is 5.32 Å². The molecule has 8 heteroatoms. The molecule has 0 saturated carbocycles. The zero-order valence-corrected chi connectivity index (χ0v) is 19.7. The van der Waals surface area contributed by atoms with E-state index in [0.717, 1.165) is 0 Å². The summed E-state index contributed by atoms with van der Waals surface area (Å²) in [6.07, 6.45) is -0.445. The average molecular weight is 697 g/mol. The van der Waals surface area contributed by atoms with Crippen molar-refractivity contribution >= 4 is 12.6 Å². The zero-order chi connectivity index (χ0) is 13.1. The molecule has 0 aliphatic carbocycles. The van der Waals surface area contributed by atoms with Crippen molar-refractivity contribution in [2.45, 2.75) is 69.0 Å². The summed E-state index contributed by atoms with van der Waals surface area (Å²) < 4.78 is 23.2. The molecule has 117 valence electrons. The first-order chi connectivity index (χ1) is 8.27. The van der Waals surface area contributed by atoms with Crippen LogP contribution in [0.5, 0.6) is 0 Å². The number of fused-ring (bicyclic) bond motifs is 1. The summed E-state index contributed by atoms with van der Waals surface area (Å²) in [5.41, 5.74) is -0.822. The van der Waals surface area contributed by atoms with Gasteiger partial charge in [0.25, 0.3) is 0 Å². The van der Waals surface area contributed by atoms with Crippen molar-refractivity contribution in [1.82, 2.24) is 0 Å². The van der Waals surface area contributed by atoms with E-state index >= 15 is 0 Å². The molecule has 0 N–H and O–H groups in total. The Kier molecular flexibility index (Phi) is 7.20. The predicted octanol–water partition coefficient (Wildman–Crippen LogP) is 1.28. The van der Waals surface area contributed by atoms with Crippen molar-refractivity contribution in [2.24, 2.45) is 0 Å². The fraction of sp³-hybridized carbons (Fsp3) is 1.00. The minimum atomic E-state index is -0.561. The molecule has 1 radical (unpaired) electrons. The van der Waals surface area contributed by atoms with Gasteiger partial charge in [0, 0.05) is 44.1 Å². The third-order valence-electron chi connectivity index (χ3n) is 3.51. The second-order valence-corrected chi connectivity index (χ2v) is 6.45. The molecule has 0 aromatic carbocycles. The van der Waals surface area contributed by atoms with Gasteiger partial charge in [-0.3, -0.25) is 0 Å². The fourth-order valence-electron chi connectivity index (χ4n) is 2.83. The van der Waals surface area contributed by atoms with E-state index < -0.39 is 11.5 Å². The first-order valence-electron chi connectivity index (χ1n) is 6.30. The van der Waals surface area contributed by atoms with Gasteiger partial charge in [0.15, 0.2) is 5.79 Å². The van der Waals surface area contributed by atoms with E-state index in [1.807, 2.05) is 27.7 Å². The van der Waals surface area contributed by atoms with Gasteiger partial charge < -0.3 is 36.9 Å². The Morgan fingerprint density at radius 2 is 1.75 bits per heavy atom. The molecule has 20 heavy (non-hydrogen) atoms. The van der Waals surface area contributed by atoms with Gasteiger partial charge in [-0.2, -0.15) is 0 Å². The normalized spacial score (nSPS) is 44.5. The molecule has 5 atom stereocenters. The number of nitrogens with zero attached hydrogens (tertiary/aromatic N) is 1. The summed E-state index contributed by atoms with van der Waals surface area (Å²) in [6.45, 7) is 8.19. The predicted molar refractivity (Wildman–Crippen MR) is 67.0 cm³/mol. The van der Waals surface area contributed by atoms with Crippen LogP contribution in [-0.2, 0) is 54.0 Å². The summed E-state index contributed by atoms with van der Waals surface area (Å²) in [7, 11) is 0. The van der Waals surface area contributed by atoms with E-state index in [9.17, 15) is 0 Å². The minimum Gasteiger partial charge on any atom is -0.763 e. The van der Waals surface area contributed by atoms with E-state index in [0.29, 0.717) is 6.61 Å². The molecule has 0 amide bonds. The van der Waals surface area contributed by atoms with Gasteiger partial charge in [0.2, 0.25) is 0 Å². The molecule has 5 nitrogen and oxygen atoms in total. The molecule has 3 fully saturated rings. The van der Waals surface area contributed by atoms with Gasteiger partial charge in [0.05, 0.1) is 12.7 Å². The SMILES string of the molecule is CC1(C)[N-]C2C([S-])OC(C3COC(C)(C)O3)C2O1.[Ac].[Au+]. The van der Waals surface area contributed by atoms with Gasteiger partial charge in [-0.25, -0.2) is 0 Å². The molecule has 3 heterocycles. The van der Waals surface area contributed by atoms with Crippen molar-refractivity contribution in [1.29, 1.82) is 0 Å². The van der Waals surface area contributed by atoms with Crippen LogP contribution in [0.1, 0.15) is 27.7 Å². The molecule has 3 aliphatic heterocycles. The summed E-state index contributed by atoms with van der Waals surface area (Å²) in [4.78, 5) is 0. The zero-order valence-electron chi connectivity index (χ0n) is 12.0. The second kappa shape index (κ2) is 7.06. The van der Waals surface area contributed by atoms with Crippen LogP contribution in [0.15, 0.2) is 0 Å². The Hall–Kier alpha value is 2.33. The van der Waals surface area contributed by atoms with Gasteiger partial charge in [-0.15, -0.1) is 6.04 Å². The van der Waals surface area contributed by atoms with Crippen molar-refractivity contribution < 1.29 is 85.4 Å². The van der Waals surface area contributed by atoms with Gasteiger partial charge >= 0.3 is 22.4 Å². The van der Waals surface area contributed by atoms with Crippen molar-refractivity contribution in [3.05, 3.63) is 5.32 Å². The van der Waals surface area contributed by atoms with Gasteiger partial charge in [-0.1, -0.05) is 19.3 Å². The summed E-state index contributed by atoms with van der Waals surface area (Å²) in [5.74, 6) is -0.561. The molecule has 0 spiro atoms. The van der Waals surface area contributed by atoms with Crippen molar-refractivity contribution in [2.75, 3.05) is 6.61 Å². The van der Waals surface area contributed by atoms with Crippen LogP contribution in [0.3, 0.4) is 0 Å². The minimum absolute atomic E-state index is 0. The quantitative estimate of drug-likeness (QED) is 0.306. The largest absolute Gasteiger partial charge is 1.00 e. The standard InChI is InChI=1S/C12H20NO4S.Ac.Au/c1-11(2)13-7-9(17-11)8(15-10(7)18)6-5-14-12(3,4)16-6;;/h6-10,18H,5H2,1-4H3;;/q-1;;+1/p-1. The van der Waals surface area contributed by atoms with E-state index in [1.165, 1.54) is 0 Å². The van der Waals surface area contributed by atoms with Crippen molar-refractivity contribution in [3.8, 4) is 0 Å². The van der Waals surface area contributed by atoms with Crippen LogP contribution in [0, 0.1) is 44.1 Å². The number of ether oxygens (including phenoxy) is 4. The maximum atomic E-state index is 5.94. The molecule has 3 saturated heterocycles. The Bertz CT molecular complexity index is 360. The second-order valence-electron chi connectivity index (χ2n) is 5.99. The van der Waals surface area contributed by atoms with E-state index in [4.69, 9.17) is 31.6 Å². The molecular formula is C12H19AcAuNO4S-. The topological polar surface area (TPSA) is 51.0 Å². The average Bonchev–Trinajstić information content (AvgIpc) is 2.81. The number of hydrogen-bond acceptors (Lipinski definition) is 5. The molecule has 0 bridgehead atoms. The summed E-state index contributed by atoms with van der Waals surface area (Å²) in [6, 6.07) is -0.0766. The molecule has 5 unspecified atom stereocenters. The number of rotatable bonds is 1. The van der Waals surface area contributed by atoms with Crippen molar-refractivity contribution in [3.63, 3.8) is 0 Å². The van der Waals surface area contributed by atoms with E-state index in [2.05, 4.69) is 5.32 Å². The van der Waals surface area contributed by atoms with E-state index in [1.54, 1.807) is 0 Å². The molecular weight excluding hydrogens is 678 g/mol. The Morgan fingerprint density at radius 3 is 2.30 bits per heavy atom. The third kappa shape index (κ3) is 4.05. The molecule has 3 aliphatic rings. The molecule has 0 aromatic heterocycles. The van der Waals surface area contributed by atoms with Crippen LogP contribution in [-0.4, -0.2) is 47.9 Å². The van der Waals surface area contributed by atoms with Crippen LogP contribution < -0.4 is 0 Å². The number of hydrogen-bond donors (Lipinski definition) is 0. The van der Waals surface area contributed by atoms with Crippen LogP contribution in [0.4, 0.5) is 0 Å². The maximum Gasteiger partial charge on any atom is 1.00 e. The maximum absolute atomic E-state index is 5.94. The third-order valence-corrected chi connectivity index (χ3v) is 3.90. The smallest absolute Gasteiger partial charge is 0.763 e. The monoisotopic (exact) mass is 697 g/mol. The Labute approximate surface area is 177 Å². The van der Waals surface area contributed by atoms with Crippen LogP contribution in [0.2, 0.25) is 0 Å². The van der Waals surface area contributed by atoms with Crippen LogP contribution >= 0.6 is 0 Å². The first kappa shape index (κ1) is 20.4. The Balaban J connectivity index is 0.000001000. The first-order valence-corrected chi connectivity index (χ1v) is 6.77.